The monoisotopic (exact) mass is 268 g/mol. The number of benzene rings is 1. The number of fused-ring (bicyclic) bond motifs is 1. The van der Waals surface area contributed by atoms with Gasteiger partial charge in [-0.15, -0.1) is 0 Å². The Hall–Kier alpha value is -2.08. The van der Waals surface area contributed by atoms with Crippen LogP contribution >= 0.6 is 0 Å². The maximum atomic E-state index is 12.3. The third kappa shape index (κ3) is 3.27. The summed E-state index contributed by atoms with van der Waals surface area (Å²) in [6, 6.07) is 11.9. The minimum atomic E-state index is -0.269. The quantitative estimate of drug-likeness (QED) is 0.776. The van der Waals surface area contributed by atoms with Gasteiger partial charge in [-0.2, -0.15) is 5.26 Å². The summed E-state index contributed by atoms with van der Waals surface area (Å²) in [5, 5.41) is 10.7. The molecule has 0 saturated carbocycles. The van der Waals surface area contributed by atoms with Gasteiger partial charge in [-0.25, -0.2) is 0 Å². The molecule has 2 rings (SSSR count). The predicted molar refractivity (Wildman–Crippen MR) is 81.5 cm³/mol. The van der Waals surface area contributed by atoms with E-state index in [9.17, 15) is 4.79 Å². The van der Waals surface area contributed by atoms with E-state index in [1.54, 1.807) is 4.57 Å². The Morgan fingerprint density at radius 2 is 1.95 bits per heavy atom. The van der Waals surface area contributed by atoms with Crippen molar-refractivity contribution in [3.05, 3.63) is 46.9 Å². The number of unbranched alkanes of at least 4 members (excludes halogenated alkanes) is 1. The van der Waals surface area contributed by atoms with Crippen LogP contribution in [0.25, 0.3) is 10.8 Å². The van der Waals surface area contributed by atoms with Gasteiger partial charge >= 0.3 is 0 Å². The number of aromatic nitrogens is 1. The molecule has 0 atom stereocenters. The standard InChI is InChI=1S/C17H20N2O/c1-17(2,13-18)10-5-6-11-19-12-9-14-7-3-4-8-15(14)16(19)20/h3-4,7-9,12H,5-6,10-11H2,1-2H3. The lowest BCUT2D eigenvalue weighted by atomic mass is 9.89. The van der Waals surface area contributed by atoms with E-state index in [0.717, 1.165) is 30.0 Å². The zero-order valence-corrected chi connectivity index (χ0v) is 12.1. The number of pyridine rings is 1. The van der Waals surface area contributed by atoms with Crippen LogP contribution in [0, 0.1) is 16.7 Å². The third-order valence-electron chi connectivity index (χ3n) is 3.64. The lowest BCUT2D eigenvalue weighted by molar-refractivity contribution is 0.416. The van der Waals surface area contributed by atoms with E-state index < -0.39 is 0 Å². The highest BCUT2D eigenvalue weighted by Gasteiger charge is 2.15. The Kier molecular flexibility index (Phi) is 4.24. The second-order valence-electron chi connectivity index (χ2n) is 5.85. The molecule has 0 unspecified atom stereocenters. The van der Waals surface area contributed by atoms with Gasteiger partial charge in [-0.1, -0.05) is 24.6 Å². The number of nitrogens with zero attached hydrogens (tertiary/aromatic N) is 2. The molecular formula is C17H20N2O. The van der Waals surface area contributed by atoms with Crippen molar-refractivity contribution in [2.45, 2.75) is 39.7 Å². The van der Waals surface area contributed by atoms with Gasteiger partial charge in [-0.05, 0) is 44.2 Å². The largest absolute Gasteiger partial charge is 0.315 e. The Bertz CT molecular complexity index is 692. The molecule has 0 amide bonds. The highest BCUT2D eigenvalue weighted by Crippen LogP contribution is 2.21. The summed E-state index contributed by atoms with van der Waals surface area (Å²) in [5.74, 6) is 0. The third-order valence-corrected chi connectivity index (χ3v) is 3.64. The van der Waals surface area contributed by atoms with Crippen molar-refractivity contribution in [1.82, 2.24) is 4.57 Å². The van der Waals surface area contributed by atoms with Crippen molar-refractivity contribution >= 4 is 10.8 Å². The van der Waals surface area contributed by atoms with Crippen molar-refractivity contribution in [2.24, 2.45) is 5.41 Å². The number of hydrogen-bond donors (Lipinski definition) is 0. The van der Waals surface area contributed by atoms with Gasteiger partial charge < -0.3 is 4.57 Å². The van der Waals surface area contributed by atoms with Gasteiger partial charge in [0.2, 0.25) is 0 Å². The van der Waals surface area contributed by atoms with E-state index in [1.807, 2.05) is 50.4 Å². The molecule has 0 aliphatic carbocycles. The summed E-state index contributed by atoms with van der Waals surface area (Å²) in [5.41, 5.74) is -0.198. The number of aryl methyl sites for hydroxylation is 1. The predicted octanol–water partition coefficient (Wildman–Crippen LogP) is 3.72. The molecule has 104 valence electrons. The van der Waals surface area contributed by atoms with Crippen LogP contribution in [0.1, 0.15) is 33.1 Å². The molecule has 2 aromatic rings. The Labute approximate surface area is 119 Å². The second-order valence-corrected chi connectivity index (χ2v) is 5.85. The summed E-state index contributed by atoms with van der Waals surface area (Å²) in [4.78, 5) is 12.3. The van der Waals surface area contributed by atoms with Crippen molar-refractivity contribution in [3.63, 3.8) is 0 Å². The van der Waals surface area contributed by atoms with Gasteiger partial charge in [0.05, 0.1) is 11.5 Å². The average Bonchev–Trinajstić information content (AvgIpc) is 2.46. The van der Waals surface area contributed by atoms with Gasteiger partial charge in [0, 0.05) is 18.1 Å². The SMILES string of the molecule is CC(C)(C#N)CCCCn1ccc2ccccc2c1=O. The molecule has 0 radical (unpaired) electrons. The summed E-state index contributed by atoms with van der Waals surface area (Å²) in [7, 11) is 0. The molecule has 20 heavy (non-hydrogen) atoms. The zero-order valence-electron chi connectivity index (χ0n) is 12.1. The molecule has 1 heterocycles. The molecule has 1 aromatic carbocycles. The van der Waals surface area contributed by atoms with Crippen molar-refractivity contribution in [1.29, 1.82) is 5.26 Å². The summed E-state index contributed by atoms with van der Waals surface area (Å²) in [6.45, 7) is 4.62. The molecule has 0 saturated heterocycles. The van der Waals surface area contributed by atoms with Crippen LogP contribution in [0.2, 0.25) is 0 Å². The van der Waals surface area contributed by atoms with Gasteiger partial charge in [0.15, 0.2) is 0 Å². The van der Waals surface area contributed by atoms with Gasteiger partial charge in [0.1, 0.15) is 0 Å². The van der Waals surface area contributed by atoms with Crippen molar-refractivity contribution in [3.8, 4) is 6.07 Å². The summed E-state index contributed by atoms with van der Waals surface area (Å²) in [6.07, 6.45) is 4.61. The van der Waals surface area contributed by atoms with Crippen LogP contribution in [0.4, 0.5) is 0 Å². The molecular weight excluding hydrogens is 248 g/mol. The van der Waals surface area contributed by atoms with Crippen LogP contribution in [0.5, 0.6) is 0 Å². The lowest BCUT2D eigenvalue weighted by Crippen LogP contribution is -2.19. The van der Waals surface area contributed by atoms with E-state index in [1.165, 1.54) is 0 Å². The second kappa shape index (κ2) is 5.92. The van der Waals surface area contributed by atoms with Crippen LogP contribution < -0.4 is 5.56 Å². The topological polar surface area (TPSA) is 45.8 Å². The van der Waals surface area contributed by atoms with E-state index in [4.69, 9.17) is 5.26 Å². The van der Waals surface area contributed by atoms with Gasteiger partial charge in [-0.3, -0.25) is 4.79 Å². The summed E-state index contributed by atoms with van der Waals surface area (Å²) >= 11 is 0. The van der Waals surface area contributed by atoms with Crippen LogP contribution in [0.15, 0.2) is 41.3 Å². The minimum absolute atomic E-state index is 0.0719. The fourth-order valence-electron chi connectivity index (χ4n) is 2.31. The fourth-order valence-corrected chi connectivity index (χ4v) is 2.31. The smallest absolute Gasteiger partial charge is 0.258 e. The normalized spacial score (nSPS) is 11.4. The number of hydrogen-bond acceptors (Lipinski definition) is 2. The molecule has 0 bridgehead atoms. The van der Waals surface area contributed by atoms with E-state index >= 15 is 0 Å². The number of nitriles is 1. The first kappa shape index (κ1) is 14.3. The minimum Gasteiger partial charge on any atom is -0.315 e. The maximum Gasteiger partial charge on any atom is 0.258 e. The summed E-state index contributed by atoms with van der Waals surface area (Å²) < 4.78 is 1.77. The molecule has 0 aliphatic rings. The first-order chi connectivity index (χ1) is 9.53. The van der Waals surface area contributed by atoms with Crippen LogP contribution in [0.3, 0.4) is 0 Å². The van der Waals surface area contributed by atoms with E-state index in [0.29, 0.717) is 6.54 Å². The lowest BCUT2D eigenvalue weighted by Gasteiger charge is -2.14. The molecule has 3 nitrogen and oxygen atoms in total. The van der Waals surface area contributed by atoms with E-state index in [-0.39, 0.29) is 11.0 Å². The van der Waals surface area contributed by atoms with Gasteiger partial charge in [0.25, 0.3) is 5.56 Å². The van der Waals surface area contributed by atoms with Crippen molar-refractivity contribution < 1.29 is 0 Å². The Balaban J connectivity index is 2.03. The molecule has 0 N–H and O–H groups in total. The van der Waals surface area contributed by atoms with Crippen LogP contribution in [-0.2, 0) is 6.54 Å². The molecule has 0 fully saturated rings. The fraction of sp³-hybridized carbons (Fsp3) is 0.412. The molecule has 3 heteroatoms. The molecule has 1 aromatic heterocycles. The van der Waals surface area contributed by atoms with E-state index in [2.05, 4.69) is 6.07 Å². The number of rotatable bonds is 5. The zero-order chi connectivity index (χ0) is 14.6. The average molecular weight is 268 g/mol. The Morgan fingerprint density at radius 3 is 2.70 bits per heavy atom. The maximum absolute atomic E-state index is 12.3. The highest BCUT2D eigenvalue weighted by atomic mass is 16.1. The van der Waals surface area contributed by atoms with Crippen molar-refractivity contribution in [2.75, 3.05) is 0 Å². The first-order valence-electron chi connectivity index (χ1n) is 7.03. The molecule has 0 spiro atoms. The first-order valence-corrected chi connectivity index (χ1v) is 7.03. The Morgan fingerprint density at radius 1 is 1.20 bits per heavy atom. The molecule has 0 aliphatic heterocycles. The van der Waals surface area contributed by atoms with Crippen LogP contribution in [-0.4, -0.2) is 4.57 Å². The highest BCUT2D eigenvalue weighted by molar-refractivity contribution is 5.81.